The van der Waals surface area contributed by atoms with Crippen LogP contribution in [0, 0.1) is 0 Å². The first-order valence-corrected chi connectivity index (χ1v) is 13.0. The van der Waals surface area contributed by atoms with Crippen molar-refractivity contribution in [1.29, 1.82) is 0 Å². The number of carbonyl (C=O) groups is 2. The summed E-state index contributed by atoms with van der Waals surface area (Å²) >= 11 is 0. The maximum Gasteiger partial charge on any atom is 0.337 e. The van der Waals surface area contributed by atoms with Gasteiger partial charge in [0, 0.05) is 18.8 Å². The van der Waals surface area contributed by atoms with Gasteiger partial charge in [0.2, 0.25) is 0 Å². The summed E-state index contributed by atoms with van der Waals surface area (Å²) in [5.74, 6) is -0.714. The predicted molar refractivity (Wildman–Crippen MR) is 139 cm³/mol. The van der Waals surface area contributed by atoms with Crippen LogP contribution < -0.4 is 10.6 Å². The van der Waals surface area contributed by atoms with E-state index in [0.29, 0.717) is 37.0 Å². The van der Waals surface area contributed by atoms with Crippen molar-refractivity contribution in [3.8, 4) is 0 Å². The quantitative estimate of drug-likeness (QED) is 0.499. The summed E-state index contributed by atoms with van der Waals surface area (Å²) in [6.45, 7) is 3.52. The molecule has 1 amide bonds. The van der Waals surface area contributed by atoms with Crippen LogP contribution in [0.3, 0.4) is 0 Å². The molecule has 2 aromatic carbocycles. The molecule has 3 heterocycles. The molecule has 2 saturated heterocycles. The average Bonchev–Trinajstić information content (AvgIpc) is 3.66. The number of hydrogen-bond acceptors (Lipinski definition) is 6. The monoisotopic (exact) mass is 489 g/mol. The fraction of sp³-hybridized carbons (Fsp3) is 0.448. The second kappa shape index (κ2) is 10.8. The summed E-state index contributed by atoms with van der Waals surface area (Å²) in [6.07, 6.45) is 3.97. The van der Waals surface area contributed by atoms with Gasteiger partial charge in [-0.25, -0.2) is 4.79 Å². The van der Waals surface area contributed by atoms with E-state index in [1.54, 1.807) is 0 Å². The summed E-state index contributed by atoms with van der Waals surface area (Å²) in [4.78, 5) is 29.0. The standard InChI is InChI=1S/C29H35N3O4/c1-35-28(34)26-25(27(33)30-16-19-32-17-8-9-18-32)23-14-15-29(26,36-23)24(20-21-10-4-2-5-11-21)31-22-12-6-3-7-13-22/h2-7,10-13,23-24,31H,8-9,14-20H2,1H3,(H,30,33). The number of benzene rings is 2. The molecule has 2 aromatic rings. The molecule has 3 aliphatic rings. The van der Waals surface area contributed by atoms with E-state index >= 15 is 0 Å². The summed E-state index contributed by atoms with van der Waals surface area (Å²) in [7, 11) is 1.37. The number of amides is 1. The summed E-state index contributed by atoms with van der Waals surface area (Å²) in [6, 6.07) is 19.8. The normalized spacial score (nSPS) is 24.1. The highest BCUT2D eigenvalue weighted by atomic mass is 16.5. The van der Waals surface area contributed by atoms with Crippen LogP contribution in [0.1, 0.15) is 31.2 Å². The molecule has 3 aliphatic heterocycles. The molecule has 190 valence electrons. The maximum atomic E-state index is 13.4. The van der Waals surface area contributed by atoms with Gasteiger partial charge in [-0.15, -0.1) is 0 Å². The van der Waals surface area contributed by atoms with E-state index in [1.807, 2.05) is 48.5 Å². The number of nitrogens with one attached hydrogen (secondary N) is 2. The number of hydrogen-bond donors (Lipinski definition) is 2. The summed E-state index contributed by atoms with van der Waals surface area (Å²) < 4.78 is 11.8. The molecule has 0 radical (unpaired) electrons. The average molecular weight is 490 g/mol. The topological polar surface area (TPSA) is 79.9 Å². The number of nitrogens with zero attached hydrogens (tertiary/aromatic N) is 1. The number of rotatable bonds is 10. The summed E-state index contributed by atoms with van der Waals surface area (Å²) in [5.41, 5.74) is 1.91. The Balaban J connectivity index is 1.46. The Labute approximate surface area is 212 Å². The molecular weight excluding hydrogens is 454 g/mol. The molecule has 5 rings (SSSR count). The number of likely N-dealkylation sites (tertiary alicyclic amines) is 1. The molecule has 2 bridgehead atoms. The van der Waals surface area contributed by atoms with Crippen LogP contribution >= 0.6 is 0 Å². The predicted octanol–water partition coefficient (Wildman–Crippen LogP) is 3.32. The molecule has 0 saturated carbocycles. The zero-order valence-electron chi connectivity index (χ0n) is 20.9. The lowest BCUT2D eigenvalue weighted by molar-refractivity contribution is -0.138. The molecule has 3 atom stereocenters. The Hall–Kier alpha value is -3.16. The van der Waals surface area contributed by atoms with Crippen molar-refractivity contribution in [3.05, 3.63) is 77.4 Å². The van der Waals surface area contributed by atoms with Gasteiger partial charge in [-0.05, 0) is 62.9 Å². The van der Waals surface area contributed by atoms with E-state index in [4.69, 9.17) is 9.47 Å². The first-order valence-electron chi connectivity index (χ1n) is 13.0. The second-order valence-electron chi connectivity index (χ2n) is 9.87. The van der Waals surface area contributed by atoms with Crippen molar-refractivity contribution >= 4 is 17.6 Å². The van der Waals surface area contributed by atoms with E-state index in [2.05, 4.69) is 27.7 Å². The third kappa shape index (κ3) is 4.90. The number of methoxy groups -OCH3 is 1. The lowest BCUT2D eigenvalue weighted by Gasteiger charge is -2.37. The van der Waals surface area contributed by atoms with Crippen molar-refractivity contribution in [1.82, 2.24) is 10.2 Å². The van der Waals surface area contributed by atoms with E-state index in [0.717, 1.165) is 30.9 Å². The number of para-hydroxylation sites is 1. The minimum atomic E-state index is -0.953. The molecule has 2 N–H and O–H groups in total. The van der Waals surface area contributed by atoms with E-state index in [-0.39, 0.29) is 11.9 Å². The Bertz CT molecular complexity index is 1060. The van der Waals surface area contributed by atoms with Crippen LogP contribution in [0.5, 0.6) is 0 Å². The number of esters is 1. The molecule has 0 aliphatic carbocycles. The van der Waals surface area contributed by atoms with Gasteiger partial charge in [0.05, 0.1) is 30.4 Å². The van der Waals surface area contributed by atoms with Crippen LogP contribution in [0.4, 0.5) is 5.69 Å². The number of ether oxygens (including phenoxy) is 2. The third-order valence-corrected chi connectivity index (χ3v) is 7.65. The minimum absolute atomic E-state index is 0.223. The molecule has 2 fully saturated rings. The fourth-order valence-corrected chi connectivity index (χ4v) is 5.92. The van der Waals surface area contributed by atoms with Crippen molar-refractivity contribution in [2.24, 2.45) is 0 Å². The zero-order chi connectivity index (χ0) is 25.0. The number of fused-ring (bicyclic) bond motifs is 2. The largest absolute Gasteiger partial charge is 0.466 e. The van der Waals surface area contributed by atoms with Gasteiger partial charge >= 0.3 is 5.97 Å². The minimum Gasteiger partial charge on any atom is -0.466 e. The lowest BCUT2D eigenvalue weighted by atomic mass is 9.75. The Kier molecular flexibility index (Phi) is 7.39. The fourth-order valence-electron chi connectivity index (χ4n) is 5.92. The molecule has 36 heavy (non-hydrogen) atoms. The van der Waals surface area contributed by atoms with Gasteiger partial charge in [0.25, 0.3) is 5.91 Å². The highest BCUT2D eigenvalue weighted by molar-refractivity contribution is 6.06. The smallest absolute Gasteiger partial charge is 0.337 e. The Morgan fingerprint density at radius 2 is 1.78 bits per heavy atom. The molecular formula is C29H35N3O4. The SMILES string of the molecule is COC(=O)C1=C(C(=O)NCCN2CCCC2)C2CCC1(C(Cc1ccccc1)Nc1ccccc1)O2. The van der Waals surface area contributed by atoms with Gasteiger partial charge < -0.3 is 25.0 Å². The zero-order valence-corrected chi connectivity index (χ0v) is 20.9. The Morgan fingerprint density at radius 1 is 1.08 bits per heavy atom. The molecule has 7 nitrogen and oxygen atoms in total. The van der Waals surface area contributed by atoms with Crippen LogP contribution in [-0.4, -0.2) is 67.8 Å². The van der Waals surface area contributed by atoms with Crippen molar-refractivity contribution < 1.29 is 19.1 Å². The van der Waals surface area contributed by atoms with Crippen LogP contribution in [0.15, 0.2) is 71.8 Å². The third-order valence-electron chi connectivity index (χ3n) is 7.65. The van der Waals surface area contributed by atoms with Crippen LogP contribution in [0.25, 0.3) is 0 Å². The highest BCUT2D eigenvalue weighted by Gasteiger charge is 2.60. The van der Waals surface area contributed by atoms with E-state index < -0.39 is 17.7 Å². The van der Waals surface area contributed by atoms with Crippen molar-refractivity contribution in [2.75, 3.05) is 38.6 Å². The van der Waals surface area contributed by atoms with Crippen LogP contribution in [0.2, 0.25) is 0 Å². The van der Waals surface area contributed by atoms with Crippen molar-refractivity contribution in [2.45, 2.75) is 49.9 Å². The highest BCUT2D eigenvalue weighted by Crippen LogP contribution is 2.51. The molecule has 0 aromatic heterocycles. The first kappa shape index (κ1) is 24.5. The van der Waals surface area contributed by atoms with E-state index in [1.165, 1.54) is 20.0 Å². The molecule has 0 spiro atoms. The van der Waals surface area contributed by atoms with Crippen molar-refractivity contribution in [3.63, 3.8) is 0 Å². The van der Waals surface area contributed by atoms with E-state index in [9.17, 15) is 9.59 Å². The van der Waals surface area contributed by atoms with Gasteiger partial charge in [-0.2, -0.15) is 0 Å². The molecule has 7 heteroatoms. The second-order valence-corrected chi connectivity index (χ2v) is 9.87. The van der Waals surface area contributed by atoms with Gasteiger partial charge in [-0.1, -0.05) is 48.5 Å². The number of carbonyl (C=O) groups excluding carboxylic acids is 2. The summed E-state index contributed by atoms with van der Waals surface area (Å²) in [5, 5.41) is 6.69. The lowest BCUT2D eigenvalue weighted by Crippen LogP contribution is -2.50. The number of anilines is 1. The van der Waals surface area contributed by atoms with Crippen LogP contribution in [-0.2, 0) is 25.5 Å². The maximum absolute atomic E-state index is 13.4. The molecule has 3 unspecified atom stereocenters. The van der Waals surface area contributed by atoms with Gasteiger partial charge in [-0.3, -0.25) is 4.79 Å². The Morgan fingerprint density at radius 3 is 2.47 bits per heavy atom. The van der Waals surface area contributed by atoms with Gasteiger partial charge in [0.1, 0.15) is 5.60 Å². The van der Waals surface area contributed by atoms with Gasteiger partial charge in [0.15, 0.2) is 0 Å². The first-order chi connectivity index (χ1) is 17.6.